The summed E-state index contributed by atoms with van der Waals surface area (Å²) in [5.74, 6) is 0.705. The summed E-state index contributed by atoms with van der Waals surface area (Å²) < 4.78 is 0. The quantitative estimate of drug-likeness (QED) is 0.466. The Bertz CT molecular complexity index is 76.1. The Morgan fingerprint density at radius 2 is 1.50 bits per heavy atom. The van der Waals surface area contributed by atoms with Crippen molar-refractivity contribution in [3.63, 3.8) is 0 Å². The van der Waals surface area contributed by atoms with E-state index in [1.54, 1.807) is 0 Å². The van der Waals surface area contributed by atoms with Crippen LogP contribution in [0.5, 0.6) is 0 Å². The number of hydrogen-bond acceptors (Lipinski definition) is 0. The maximum absolute atomic E-state index is 4.09. The van der Waals surface area contributed by atoms with E-state index < -0.39 is 0 Å². The summed E-state index contributed by atoms with van der Waals surface area (Å²) in [6.45, 7) is 8.59. The van der Waals surface area contributed by atoms with Gasteiger partial charge in [-0.3, -0.25) is 0 Å². The molecule has 0 aliphatic heterocycles. The molecule has 0 heteroatoms. The van der Waals surface area contributed by atoms with Crippen LogP contribution in [0.4, 0.5) is 0 Å². The Hall–Kier alpha value is 0. The molecular formula is C12H25. The first kappa shape index (κ1) is 12.0. The van der Waals surface area contributed by atoms with E-state index in [1.165, 1.54) is 51.4 Å². The van der Waals surface area contributed by atoms with E-state index in [2.05, 4.69) is 20.8 Å². The molecule has 0 fully saturated rings. The first-order chi connectivity index (χ1) is 5.81. The Balaban J connectivity index is 2.90. The highest BCUT2D eigenvalue weighted by Crippen LogP contribution is 2.13. The summed E-state index contributed by atoms with van der Waals surface area (Å²) in [7, 11) is 0. The Kier molecular flexibility index (Phi) is 9.09. The fourth-order valence-electron chi connectivity index (χ4n) is 1.42. The van der Waals surface area contributed by atoms with Crippen molar-refractivity contribution >= 4 is 0 Å². The van der Waals surface area contributed by atoms with Crippen LogP contribution in [0.15, 0.2) is 0 Å². The van der Waals surface area contributed by atoms with Crippen molar-refractivity contribution in [2.75, 3.05) is 0 Å². The lowest BCUT2D eigenvalue weighted by atomic mass is 10.00. The SMILES string of the molecule is [CH2]C(CC)CCCCCCCC. The summed E-state index contributed by atoms with van der Waals surface area (Å²) in [5, 5.41) is 0. The molecule has 0 saturated heterocycles. The van der Waals surface area contributed by atoms with E-state index >= 15 is 0 Å². The van der Waals surface area contributed by atoms with Crippen molar-refractivity contribution in [2.24, 2.45) is 5.92 Å². The molecule has 0 aromatic heterocycles. The molecule has 1 atom stereocenters. The number of hydrogen-bond donors (Lipinski definition) is 0. The zero-order chi connectivity index (χ0) is 9.23. The van der Waals surface area contributed by atoms with E-state index in [4.69, 9.17) is 0 Å². The Labute approximate surface area is 78.8 Å². The van der Waals surface area contributed by atoms with Crippen molar-refractivity contribution in [1.82, 2.24) is 0 Å². The van der Waals surface area contributed by atoms with Crippen LogP contribution in [0.2, 0.25) is 0 Å². The molecule has 0 aliphatic rings. The average Bonchev–Trinajstić information content (AvgIpc) is 2.10. The second kappa shape index (κ2) is 9.09. The third-order valence-electron chi connectivity index (χ3n) is 2.54. The monoisotopic (exact) mass is 169 g/mol. The van der Waals surface area contributed by atoms with E-state index in [0.29, 0.717) is 5.92 Å². The fourth-order valence-corrected chi connectivity index (χ4v) is 1.42. The van der Waals surface area contributed by atoms with Crippen molar-refractivity contribution in [3.8, 4) is 0 Å². The molecular weight excluding hydrogens is 144 g/mol. The number of unbranched alkanes of at least 4 members (excludes halogenated alkanes) is 5. The van der Waals surface area contributed by atoms with Crippen LogP contribution >= 0.6 is 0 Å². The maximum atomic E-state index is 4.09. The van der Waals surface area contributed by atoms with E-state index in [0.717, 1.165) is 0 Å². The summed E-state index contributed by atoms with van der Waals surface area (Å²) in [6.07, 6.45) is 11.0. The van der Waals surface area contributed by atoms with Crippen LogP contribution in [-0.2, 0) is 0 Å². The first-order valence-corrected chi connectivity index (χ1v) is 5.64. The molecule has 1 radical (unpaired) electrons. The van der Waals surface area contributed by atoms with Crippen molar-refractivity contribution < 1.29 is 0 Å². The predicted molar refractivity (Wildman–Crippen MR) is 57.1 cm³/mol. The van der Waals surface area contributed by atoms with Gasteiger partial charge in [-0.15, -0.1) is 0 Å². The predicted octanol–water partition coefficient (Wildman–Crippen LogP) is 4.60. The Morgan fingerprint density at radius 3 is 2.08 bits per heavy atom. The van der Waals surface area contributed by atoms with E-state index in [1.807, 2.05) is 0 Å². The van der Waals surface area contributed by atoms with Crippen molar-refractivity contribution in [1.29, 1.82) is 0 Å². The van der Waals surface area contributed by atoms with E-state index in [9.17, 15) is 0 Å². The maximum Gasteiger partial charge on any atom is -0.0417 e. The molecule has 12 heavy (non-hydrogen) atoms. The van der Waals surface area contributed by atoms with Crippen molar-refractivity contribution in [2.45, 2.75) is 65.2 Å². The average molecular weight is 169 g/mol. The van der Waals surface area contributed by atoms with Crippen LogP contribution in [-0.4, -0.2) is 0 Å². The third kappa shape index (κ3) is 8.10. The molecule has 0 bridgehead atoms. The molecule has 0 amide bonds. The third-order valence-corrected chi connectivity index (χ3v) is 2.54. The molecule has 0 nitrogen and oxygen atoms in total. The molecule has 0 aliphatic carbocycles. The van der Waals surface area contributed by atoms with Gasteiger partial charge in [-0.05, 0) is 5.92 Å². The minimum absolute atomic E-state index is 0.705. The minimum Gasteiger partial charge on any atom is -0.0654 e. The van der Waals surface area contributed by atoms with Gasteiger partial charge in [0.05, 0.1) is 0 Å². The largest absolute Gasteiger partial charge is 0.0654 e. The molecule has 0 saturated carbocycles. The molecule has 0 heterocycles. The molecule has 0 spiro atoms. The lowest BCUT2D eigenvalue weighted by Crippen LogP contribution is -1.91. The summed E-state index contributed by atoms with van der Waals surface area (Å²) in [6, 6.07) is 0. The molecule has 0 rings (SSSR count). The standard InChI is InChI=1S/C12H25/c1-4-6-7-8-9-10-11-12(3)5-2/h12H,3-11H2,1-2H3. The topological polar surface area (TPSA) is 0 Å². The minimum atomic E-state index is 0.705. The van der Waals surface area contributed by atoms with Gasteiger partial charge in [0.2, 0.25) is 0 Å². The lowest BCUT2D eigenvalue weighted by molar-refractivity contribution is 0.506. The van der Waals surface area contributed by atoms with Gasteiger partial charge in [-0.25, -0.2) is 0 Å². The van der Waals surface area contributed by atoms with Gasteiger partial charge in [-0.1, -0.05) is 72.1 Å². The van der Waals surface area contributed by atoms with Gasteiger partial charge in [0.15, 0.2) is 0 Å². The second-order valence-electron chi connectivity index (χ2n) is 3.83. The molecule has 0 aromatic rings. The lowest BCUT2D eigenvalue weighted by Gasteiger charge is -2.06. The van der Waals surface area contributed by atoms with Crippen LogP contribution in [0, 0.1) is 12.8 Å². The summed E-state index contributed by atoms with van der Waals surface area (Å²) in [5.41, 5.74) is 0. The van der Waals surface area contributed by atoms with Crippen molar-refractivity contribution in [3.05, 3.63) is 6.92 Å². The first-order valence-electron chi connectivity index (χ1n) is 5.64. The van der Waals surface area contributed by atoms with Crippen LogP contribution in [0.3, 0.4) is 0 Å². The fraction of sp³-hybridized carbons (Fsp3) is 0.917. The van der Waals surface area contributed by atoms with Gasteiger partial charge in [0.25, 0.3) is 0 Å². The van der Waals surface area contributed by atoms with Gasteiger partial charge < -0.3 is 0 Å². The van der Waals surface area contributed by atoms with Gasteiger partial charge in [-0.2, -0.15) is 0 Å². The van der Waals surface area contributed by atoms with E-state index in [-0.39, 0.29) is 0 Å². The highest BCUT2D eigenvalue weighted by molar-refractivity contribution is 4.58. The van der Waals surface area contributed by atoms with Gasteiger partial charge >= 0.3 is 0 Å². The highest BCUT2D eigenvalue weighted by Gasteiger charge is 1.97. The van der Waals surface area contributed by atoms with Gasteiger partial charge in [0.1, 0.15) is 0 Å². The smallest absolute Gasteiger partial charge is 0.0417 e. The molecule has 0 N–H and O–H groups in total. The number of rotatable bonds is 8. The normalized spacial score (nSPS) is 13.2. The molecule has 73 valence electrons. The van der Waals surface area contributed by atoms with Crippen LogP contribution in [0.1, 0.15) is 65.2 Å². The second-order valence-corrected chi connectivity index (χ2v) is 3.83. The molecule has 1 unspecified atom stereocenters. The summed E-state index contributed by atoms with van der Waals surface area (Å²) >= 11 is 0. The summed E-state index contributed by atoms with van der Waals surface area (Å²) in [4.78, 5) is 0. The van der Waals surface area contributed by atoms with Crippen LogP contribution < -0.4 is 0 Å². The zero-order valence-electron chi connectivity index (χ0n) is 8.94. The van der Waals surface area contributed by atoms with Gasteiger partial charge in [0, 0.05) is 0 Å². The Morgan fingerprint density at radius 1 is 0.917 bits per heavy atom. The molecule has 0 aromatic carbocycles. The van der Waals surface area contributed by atoms with Crippen LogP contribution in [0.25, 0.3) is 0 Å². The highest BCUT2D eigenvalue weighted by atomic mass is 14.0. The zero-order valence-corrected chi connectivity index (χ0v) is 8.94.